The van der Waals surface area contributed by atoms with Crippen LogP contribution in [0, 0.1) is 11.3 Å². The average molecular weight is 468 g/mol. The maximum atomic E-state index is 13.3. The van der Waals surface area contributed by atoms with E-state index in [1.165, 1.54) is 12.0 Å². The third-order valence-electron chi connectivity index (χ3n) is 5.84. The van der Waals surface area contributed by atoms with Crippen LogP contribution in [0.5, 0.6) is 17.2 Å². The van der Waals surface area contributed by atoms with Gasteiger partial charge in [-0.05, 0) is 42.5 Å². The largest absolute Gasteiger partial charge is 0.497 e. The summed E-state index contributed by atoms with van der Waals surface area (Å²) in [4.78, 5) is 27.9. The van der Waals surface area contributed by atoms with Crippen LogP contribution in [0.25, 0.3) is 22.0 Å². The van der Waals surface area contributed by atoms with Gasteiger partial charge in [-0.15, -0.1) is 0 Å². The van der Waals surface area contributed by atoms with Crippen LogP contribution in [-0.4, -0.2) is 36.6 Å². The molecule has 9 heteroatoms. The van der Waals surface area contributed by atoms with Crippen LogP contribution >= 0.6 is 0 Å². The fourth-order valence-electron chi connectivity index (χ4n) is 3.92. The van der Waals surface area contributed by atoms with Crippen LogP contribution in [0.1, 0.15) is 5.56 Å². The molecule has 1 aromatic heterocycles. The average Bonchev–Trinajstić information content (AvgIpc) is 3.37. The highest BCUT2D eigenvalue weighted by Gasteiger charge is 2.20. The van der Waals surface area contributed by atoms with Crippen molar-refractivity contribution in [3.63, 3.8) is 0 Å². The monoisotopic (exact) mass is 468 g/mol. The van der Waals surface area contributed by atoms with Crippen molar-refractivity contribution >= 4 is 22.4 Å². The second-order valence-corrected chi connectivity index (χ2v) is 7.91. The third-order valence-corrected chi connectivity index (χ3v) is 5.84. The van der Waals surface area contributed by atoms with Gasteiger partial charge in [0.1, 0.15) is 12.3 Å². The van der Waals surface area contributed by atoms with Crippen molar-refractivity contribution in [1.82, 2.24) is 9.78 Å². The number of benzene rings is 3. The Balaban J connectivity index is 1.57. The number of fused-ring (bicyclic) bond motifs is 2. The van der Waals surface area contributed by atoms with Gasteiger partial charge in [0.25, 0.3) is 5.56 Å². The minimum Gasteiger partial charge on any atom is -0.497 e. The molecule has 5 rings (SSSR count). The Morgan fingerprint density at radius 3 is 2.74 bits per heavy atom. The highest BCUT2D eigenvalue weighted by atomic mass is 16.7. The number of ether oxygens (including phenoxy) is 3. The van der Waals surface area contributed by atoms with E-state index in [2.05, 4.69) is 11.2 Å². The third kappa shape index (κ3) is 4.02. The molecule has 0 N–H and O–H groups in total. The van der Waals surface area contributed by atoms with E-state index in [0.717, 1.165) is 4.68 Å². The summed E-state index contributed by atoms with van der Waals surface area (Å²) in [6, 6.07) is 19.4. The molecule has 1 amide bonds. The van der Waals surface area contributed by atoms with Crippen LogP contribution < -0.4 is 24.7 Å². The molecule has 3 aromatic carbocycles. The van der Waals surface area contributed by atoms with Crippen molar-refractivity contribution in [3.05, 3.63) is 76.6 Å². The molecule has 4 aromatic rings. The minimum absolute atomic E-state index is 0.131. The Kier molecular flexibility index (Phi) is 5.55. The highest BCUT2D eigenvalue weighted by Crippen LogP contribution is 2.35. The summed E-state index contributed by atoms with van der Waals surface area (Å²) in [5.74, 6) is 1.32. The molecule has 0 saturated carbocycles. The van der Waals surface area contributed by atoms with Crippen LogP contribution in [0.3, 0.4) is 0 Å². The molecular formula is C26H20N4O5. The molecule has 1 aliphatic heterocycles. The van der Waals surface area contributed by atoms with Gasteiger partial charge in [-0.25, -0.2) is 4.68 Å². The van der Waals surface area contributed by atoms with E-state index in [4.69, 9.17) is 14.2 Å². The Bertz CT molecular complexity index is 1570. The summed E-state index contributed by atoms with van der Waals surface area (Å²) in [6.45, 7) is -0.159. The molecule has 0 unspecified atom stereocenters. The van der Waals surface area contributed by atoms with Gasteiger partial charge in [0.05, 0.1) is 29.8 Å². The summed E-state index contributed by atoms with van der Waals surface area (Å²) in [5.41, 5.74) is 1.77. The lowest BCUT2D eigenvalue weighted by Gasteiger charge is -2.19. The number of methoxy groups -OCH3 is 1. The van der Waals surface area contributed by atoms with Crippen LogP contribution in [-0.2, 0) is 11.3 Å². The van der Waals surface area contributed by atoms with Gasteiger partial charge in [0.15, 0.2) is 11.5 Å². The zero-order chi connectivity index (χ0) is 24.5. The Labute approximate surface area is 200 Å². The van der Waals surface area contributed by atoms with Crippen LogP contribution in [0.15, 0.2) is 65.5 Å². The summed E-state index contributed by atoms with van der Waals surface area (Å²) >= 11 is 0. The number of aromatic nitrogens is 2. The van der Waals surface area contributed by atoms with E-state index in [1.54, 1.807) is 61.6 Å². The molecule has 0 spiro atoms. The van der Waals surface area contributed by atoms with Gasteiger partial charge < -0.3 is 19.1 Å². The molecule has 2 heterocycles. The smallest absolute Gasteiger partial charge is 0.275 e. The lowest BCUT2D eigenvalue weighted by atomic mass is 10.0. The summed E-state index contributed by atoms with van der Waals surface area (Å²) in [7, 11) is 3.13. The van der Waals surface area contributed by atoms with Crippen molar-refractivity contribution in [2.24, 2.45) is 0 Å². The summed E-state index contributed by atoms with van der Waals surface area (Å²) in [6.07, 6.45) is 0. The Morgan fingerprint density at radius 1 is 1.11 bits per heavy atom. The maximum absolute atomic E-state index is 13.3. The molecule has 35 heavy (non-hydrogen) atoms. The Morgan fingerprint density at radius 2 is 1.94 bits per heavy atom. The van der Waals surface area contributed by atoms with Crippen molar-refractivity contribution in [1.29, 1.82) is 5.26 Å². The molecule has 0 aliphatic carbocycles. The number of amides is 1. The Hall–Kier alpha value is -4.84. The van der Waals surface area contributed by atoms with Gasteiger partial charge in [0.2, 0.25) is 12.7 Å². The molecule has 0 atom stereocenters. The quantitative estimate of drug-likeness (QED) is 0.442. The summed E-state index contributed by atoms with van der Waals surface area (Å²) in [5, 5.41) is 14.8. The van der Waals surface area contributed by atoms with E-state index in [-0.39, 0.29) is 19.2 Å². The van der Waals surface area contributed by atoms with E-state index in [0.29, 0.717) is 50.5 Å². The second-order valence-electron chi connectivity index (χ2n) is 7.91. The lowest BCUT2D eigenvalue weighted by molar-refractivity contribution is -0.119. The standard InChI is InChI=1S/C26H20N4O5/c1-29(18-6-9-22-23(11-18)35-15-34-22)24(31)14-30-26(32)21-12-19(33-2)7-8-20(21)25(28-30)17-5-3-4-16(10-17)13-27/h3-12H,14-15H2,1-2H3. The predicted molar refractivity (Wildman–Crippen MR) is 129 cm³/mol. The normalized spacial score (nSPS) is 11.8. The molecule has 1 aliphatic rings. The number of rotatable bonds is 5. The second kappa shape index (κ2) is 8.83. The zero-order valence-electron chi connectivity index (χ0n) is 19.0. The first-order valence-electron chi connectivity index (χ1n) is 10.7. The van der Waals surface area contributed by atoms with E-state index in [9.17, 15) is 14.9 Å². The number of anilines is 1. The predicted octanol–water partition coefficient (Wildman–Crippen LogP) is 3.34. The molecule has 0 saturated heterocycles. The molecule has 174 valence electrons. The van der Waals surface area contributed by atoms with Gasteiger partial charge in [-0.3, -0.25) is 9.59 Å². The fourth-order valence-corrected chi connectivity index (χ4v) is 3.92. The number of likely N-dealkylation sites (N-methyl/N-ethyl adjacent to an activating group) is 1. The number of carbonyl (C=O) groups excluding carboxylic acids is 1. The van der Waals surface area contributed by atoms with Gasteiger partial charge in [-0.2, -0.15) is 10.4 Å². The first kappa shape index (κ1) is 22.0. The van der Waals surface area contributed by atoms with Crippen molar-refractivity contribution < 1.29 is 19.0 Å². The summed E-state index contributed by atoms with van der Waals surface area (Å²) < 4.78 is 17.2. The van der Waals surface area contributed by atoms with Crippen LogP contribution in [0.4, 0.5) is 5.69 Å². The van der Waals surface area contributed by atoms with Crippen molar-refractivity contribution in [2.75, 3.05) is 25.9 Å². The zero-order valence-corrected chi connectivity index (χ0v) is 19.0. The van der Waals surface area contributed by atoms with Crippen molar-refractivity contribution in [2.45, 2.75) is 6.54 Å². The first-order chi connectivity index (χ1) is 17.0. The van der Waals surface area contributed by atoms with Gasteiger partial charge in [-0.1, -0.05) is 12.1 Å². The lowest BCUT2D eigenvalue weighted by Crippen LogP contribution is -2.35. The number of carbonyl (C=O) groups is 1. The van der Waals surface area contributed by atoms with Crippen LogP contribution in [0.2, 0.25) is 0 Å². The minimum atomic E-state index is -0.425. The van der Waals surface area contributed by atoms with Gasteiger partial charge in [0, 0.05) is 29.8 Å². The SMILES string of the molecule is COc1ccc2c(-c3cccc(C#N)c3)nn(CC(=O)N(C)c3ccc4c(c3)OCO4)c(=O)c2c1. The van der Waals surface area contributed by atoms with E-state index >= 15 is 0 Å². The van der Waals surface area contributed by atoms with E-state index < -0.39 is 5.56 Å². The molecule has 0 radical (unpaired) electrons. The van der Waals surface area contributed by atoms with Crippen molar-refractivity contribution in [3.8, 4) is 34.6 Å². The number of hydrogen-bond acceptors (Lipinski definition) is 7. The van der Waals surface area contributed by atoms with E-state index in [1.807, 2.05) is 6.07 Å². The topological polar surface area (TPSA) is 107 Å². The first-order valence-corrected chi connectivity index (χ1v) is 10.7. The number of nitriles is 1. The molecule has 0 fully saturated rings. The number of hydrogen-bond donors (Lipinski definition) is 0. The molecule has 9 nitrogen and oxygen atoms in total. The van der Waals surface area contributed by atoms with Gasteiger partial charge >= 0.3 is 0 Å². The number of nitrogens with zero attached hydrogens (tertiary/aromatic N) is 4. The maximum Gasteiger partial charge on any atom is 0.275 e. The molecule has 0 bridgehead atoms. The molecular weight excluding hydrogens is 448 g/mol. The highest BCUT2D eigenvalue weighted by molar-refractivity contribution is 5.96. The fraction of sp³-hybridized carbons (Fsp3) is 0.154.